The highest BCUT2D eigenvalue weighted by Crippen LogP contribution is 2.06. The normalized spacial score (nSPS) is 13.4. The quantitative estimate of drug-likeness (QED) is 0.749. The molecule has 1 aromatic rings. The second-order valence-electron chi connectivity index (χ2n) is 4.21. The van der Waals surface area contributed by atoms with E-state index in [0.29, 0.717) is 12.0 Å². The molecular weight excluding hydrogens is 190 g/mol. The Morgan fingerprint density at radius 3 is 2.73 bits per heavy atom. The van der Waals surface area contributed by atoms with Gasteiger partial charge in [-0.3, -0.25) is 5.10 Å². The van der Waals surface area contributed by atoms with Crippen LogP contribution in [0.25, 0.3) is 0 Å². The third-order valence-corrected chi connectivity index (χ3v) is 2.64. The number of H-pyrrole nitrogens is 1. The molecule has 0 aliphatic heterocycles. The van der Waals surface area contributed by atoms with E-state index in [4.69, 9.17) is 4.74 Å². The van der Waals surface area contributed by atoms with Gasteiger partial charge in [-0.2, -0.15) is 5.10 Å². The van der Waals surface area contributed by atoms with Gasteiger partial charge in [0.15, 0.2) is 0 Å². The zero-order chi connectivity index (χ0) is 11.3. The fraction of sp³-hybridized carbons (Fsp3) is 0.727. The van der Waals surface area contributed by atoms with Crippen molar-refractivity contribution in [1.82, 2.24) is 15.5 Å². The molecule has 0 saturated heterocycles. The minimum Gasteiger partial charge on any atom is -0.383 e. The molecule has 0 bridgehead atoms. The summed E-state index contributed by atoms with van der Waals surface area (Å²) in [6, 6.07) is 0.393. The van der Waals surface area contributed by atoms with Crippen LogP contribution in [0.5, 0.6) is 0 Å². The van der Waals surface area contributed by atoms with Crippen LogP contribution in [0.1, 0.15) is 25.1 Å². The van der Waals surface area contributed by atoms with Crippen molar-refractivity contribution in [1.29, 1.82) is 0 Å². The zero-order valence-electron chi connectivity index (χ0n) is 10.0. The van der Waals surface area contributed by atoms with Gasteiger partial charge in [0, 0.05) is 31.0 Å². The van der Waals surface area contributed by atoms with E-state index in [-0.39, 0.29) is 0 Å². The van der Waals surface area contributed by atoms with Gasteiger partial charge in [0.1, 0.15) is 0 Å². The Morgan fingerprint density at radius 2 is 2.27 bits per heavy atom. The van der Waals surface area contributed by atoms with Gasteiger partial charge in [-0.05, 0) is 12.8 Å². The summed E-state index contributed by atoms with van der Waals surface area (Å²) in [6.45, 7) is 8.01. The van der Waals surface area contributed by atoms with E-state index in [2.05, 4.69) is 29.4 Å². The summed E-state index contributed by atoms with van der Waals surface area (Å²) >= 11 is 0. The van der Waals surface area contributed by atoms with Crippen LogP contribution in [0.4, 0.5) is 0 Å². The van der Waals surface area contributed by atoms with E-state index < -0.39 is 0 Å². The summed E-state index contributed by atoms with van der Waals surface area (Å²) in [5.41, 5.74) is 2.35. The van der Waals surface area contributed by atoms with E-state index in [9.17, 15) is 0 Å². The van der Waals surface area contributed by atoms with Gasteiger partial charge < -0.3 is 10.1 Å². The minimum absolute atomic E-state index is 0.393. The number of nitrogens with one attached hydrogen (secondary N) is 2. The number of hydrogen-bond donors (Lipinski definition) is 2. The first-order valence-corrected chi connectivity index (χ1v) is 5.36. The Morgan fingerprint density at radius 1 is 1.53 bits per heavy atom. The van der Waals surface area contributed by atoms with Gasteiger partial charge in [-0.25, -0.2) is 0 Å². The van der Waals surface area contributed by atoms with E-state index in [0.717, 1.165) is 18.8 Å². The molecule has 4 nitrogen and oxygen atoms in total. The smallest absolute Gasteiger partial charge is 0.0618 e. The Hall–Kier alpha value is -0.870. The van der Waals surface area contributed by atoms with Gasteiger partial charge in [0.25, 0.3) is 0 Å². The second kappa shape index (κ2) is 5.88. The van der Waals surface area contributed by atoms with E-state index in [1.54, 1.807) is 7.11 Å². The van der Waals surface area contributed by atoms with Gasteiger partial charge in [-0.1, -0.05) is 13.8 Å². The van der Waals surface area contributed by atoms with Gasteiger partial charge in [0.2, 0.25) is 0 Å². The molecule has 0 fully saturated rings. The summed E-state index contributed by atoms with van der Waals surface area (Å²) in [5.74, 6) is 0.567. The van der Waals surface area contributed by atoms with Crippen molar-refractivity contribution in [3.63, 3.8) is 0 Å². The molecule has 1 aromatic heterocycles. The lowest BCUT2D eigenvalue weighted by atomic mass is 10.1. The van der Waals surface area contributed by atoms with Crippen LogP contribution in [0, 0.1) is 12.8 Å². The molecular formula is C11H21N3O. The summed E-state index contributed by atoms with van der Waals surface area (Å²) in [6.07, 6.45) is 1.87. The number of aromatic amines is 1. The van der Waals surface area contributed by atoms with Crippen molar-refractivity contribution in [2.45, 2.75) is 33.4 Å². The Kier molecular flexibility index (Phi) is 4.78. The molecule has 0 aliphatic rings. The molecule has 1 rings (SSSR count). The van der Waals surface area contributed by atoms with Crippen molar-refractivity contribution < 1.29 is 4.74 Å². The highest BCUT2D eigenvalue weighted by atomic mass is 16.5. The zero-order valence-corrected chi connectivity index (χ0v) is 10.0. The van der Waals surface area contributed by atoms with E-state index >= 15 is 0 Å². The highest BCUT2D eigenvalue weighted by molar-refractivity contribution is 5.13. The minimum atomic E-state index is 0.393. The fourth-order valence-electron chi connectivity index (χ4n) is 1.46. The van der Waals surface area contributed by atoms with Crippen molar-refractivity contribution >= 4 is 0 Å². The van der Waals surface area contributed by atoms with Gasteiger partial charge in [0.05, 0.1) is 12.8 Å². The largest absolute Gasteiger partial charge is 0.383 e. The Balaban J connectivity index is 2.43. The van der Waals surface area contributed by atoms with Crippen LogP contribution < -0.4 is 5.32 Å². The molecule has 1 atom stereocenters. The molecule has 0 aromatic carbocycles. The lowest BCUT2D eigenvalue weighted by molar-refractivity contribution is 0.146. The molecule has 86 valence electrons. The first-order chi connectivity index (χ1) is 7.15. The molecule has 0 amide bonds. The van der Waals surface area contributed by atoms with Crippen LogP contribution in [0.2, 0.25) is 0 Å². The highest BCUT2D eigenvalue weighted by Gasteiger charge is 2.12. The maximum Gasteiger partial charge on any atom is 0.0618 e. The predicted molar refractivity (Wildman–Crippen MR) is 60.7 cm³/mol. The maximum atomic E-state index is 5.18. The van der Waals surface area contributed by atoms with Crippen LogP contribution in [-0.4, -0.2) is 30.0 Å². The van der Waals surface area contributed by atoms with Gasteiger partial charge in [-0.15, -0.1) is 0 Å². The van der Waals surface area contributed by atoms with Crippen molar-refractivity contribution in [2.24, 2.45) is 5.92 Å². The number of ether oxygens (including phenoxy) is 1. The third-order valence-electron chi connectivity index (χ3n) is 2.64. The topological polar surface area (TPSA) is 49.9 Å². The number of aromatic nitrogens is 2. The van der Waals surface area contributed by atoms with Crippen LogP contribution in [0.3, 0.4) is 0 Å². The average Bonchev–Trinajstić information content (AvgIpc) is 2.58. The third kappa shape index (κ3) is 3.64. The molecule has 4 heteroatoms. The molecule has 0 radical (unpaired) electrons. The second-order valence-corrected chi connectivity index (χ2v) is 4.21. The first-order valence-electron chi connectivity index (χ1n) is 5.36. The first kappa shape index (κ1) is 12.2. The lowest BCUT2D eigenvalue weighted by Gasteiger charge is -2.21. The van der Waals surface area contributed by atoms with Crippen molar-refractivity contribution in [3.05, 3.63) is 17.5 Å². The predicted octanol–water partition coefficient (Wildman–Crippen LogP) is 1.48. The Labute approximate surface area is 91.4 Å². The molecule has 15 heavy (non-hydrogen) atoms. The fourth-order valence-corrected chi connectivity index (χ4v) is 1.46. The monoisotopic (exact) mass is 211 g/mol. The van der Waals surface area contributed by atoms with Gasteiger partial charge >= 0.3 is 0 Å². The molecule has 1 heterocycles. The molecule has 2 N–H and O–H groups in total. The molecule has 1 unspecified atom stereocenters. The van der Waals surface area contributed by atoms with Crippen molar-refractivity contribution in [2.75, 3.05) is 13.7 Å². The van der Waals surface area contributed by atoms with E-state index in [1.807, 2.05) is 13.1 Å². The number of rotatable bonds is 6. The number of nitrogens with zero attached hydrogens (tertiary/aromatic N) is 1. The van der Waals surface area contributed by atoms with Crippen LogP contribution >= 0.6 is 0 Å². The maximum absolute atomic E-state index is 5.18. The van der Waals surface area contributed by atoms with Crippen LogP contribution in [0.15, 0.2) is 6.20 Å². The van der Waals surface area contributed by atoms with E-state index in [1.165, 1.54) is 5.56 Å². The molecule has 0 aliphatic carbocycles. The SMILES string of the molecule is COCC(NCc1cn[nH]c1C)C(C)C. The number of methoxy groups -OCH3 is 1. The van der Waals surface area contributed by atoms with Crippen molar-refractivity contribution in [3.8, 4) is 0 Å². The van der Waals surface area contributed by atoms with Crippen LogP contribution in [-0.2, 0) is 11.3 Å². The summed E-state index contributed by atoms with van der Waals surface area (Å²) < 4.78 is 5.18. The standard InChI is InChI=1S/C11H21N3O/c1-8(2)11(7-15-4)12-5-10-6-13-14-9(10)3/h6,8,11-12H,5,7H2,1-4H3,(H,13,14). The number of hydrogen-bond acceptors (Lipinski definition) is 3. The molecule has 0 saturated carbocycles. The number of aryl methyl sites for hydroxylation is 1. The summed E-state index contributed by atoms with van der Waals surface area (Å²) in [4.78, 5) is 0. The Bertz CT molecular complexity index is 283. The lowest BCUT2D eigenvalue weighted by Crippen LogP contribution is -2.37. The average molecular weight is 211 g/mol. The summed E-state index contributed by atoms with van der Waals surface area (Å²) in [5, 5.41) is 10.4. The summed E-state index contributed by atoms with van der Waals surface area (Å²) in [7, 11) is 1.74. The molecule has 0 spiro atoms.